The van der Waals surface area contributed by atoms with Gasteiger partial charge in [0, 0.05) is 16.8 Å². The molecule has 0 amide bonds. The first-order valence-corrected chi connectivity index (χ1v) is 8.90. The largest absolute Gasteiger partial charge is 0.244 e. The van der Waals surface area contributed by atoms with Crippen molar-refractivity contribution in [3.8, 4) is 0 Å². The number of hydrogen-bond acceptors (Lipinski definition) is 2. The summed E-state index contributed by atoms with van der Waals surface area (Å²) in [5, 5.41) is 15.9. The molecule has 0 fully saturated rings. The lowest BCUT2D eigenvalue weighted by Crippen LogP contribution is -2.24. The third-order valence-corrected chi connectivity index (χ3v) is 4.52. The van der Waals surface area contributed by atoms with Crippen LogP contribution in [0.2, 0.25) is 0 Å². The first-order chi connectivity index (χ1) is 12.7. The second-order valence-electron chi connectivity index (χ2n) is 6.62. The zero-order valence-electron chi connectivity index (χ0n) is 15.0. The molecule has 0 aliphatic rings. The van der Waals surface area contributed by atoms with Crippen molar-refractivity contribution in [1.82, 2.24) is 0 Å². The first kappa shape index (κ1) is 16.3. The topological polar surface area (TPSA) is 28.0 Å². The molecule has 0 atom stereocenters. The van der Waals surface area contributed by atoms with Crippen LogP contribution in [0, 0.1) is 0 Å². The number of anilines is 1. The van der Waals surface area contributed by atoms with Gasteiger partial charge < -0.3 is 0 Å². The van der Waals surface area contributed by atoms with Crippen molar-refractivity contribution in [1.29, 1.82) is 0 Å². The Kier molecular flexibility index (Phi) is 4.36. The van der Waals surface area contributed by atoms with Crippen LogP contribution in [0.15, 0.2) is 95.3 Å². The van der Waals surface area contributed by atoms with Gasteiger partial charge in [-0.3, -0.25) is 0 Å². The highest BCUT2D eigenvalue weighted by Gasteiger charge is 2.13. The number of hydrogen-bond donors (Lipinski definition) is 0. The Morgan fingerprint density at radius 1 is 0.654 bits per heavy atom. The summed E-state index contributed by atoms with van der Waals surface area (Å²) in [6.45, 7) is 4.26. The molecule has 0 radical (unpaired) electrons. The molecule has 26 heavy (non-hydrogen) atoms. The summed E-state index contributed by atoms with van der Waals surface area (Å²) in [7, 11) is 0. The Labute approximate surface area is 153 Å². The van der Waals surface area contributed by atoms with Crippen molar-refractivity contribution in [2.75, 3.05) is 5.01 Å². The molecule has 3 nitrogen and oxygen atoms in total. The van der Waals surface area contributed by atoms with E-state index in [0.717, 1.165) is 16.8 Å². The molecule has 4 aromatic rings. The van der Waals surface area contributed by atoms with E-state index in [1.165, 1.54) is 16.2 Å². The van der Waals surface area contributed by atoms with Gasteiger partial charge in [0.1, 0.15) is 0 Å². The maximum absolute atomic E-state index is 4.62. The highest BCUT2D eigenvalue weighted by Crippen LogP contribution is 2.30. The van der Waals surface area contributed by atoms with Crippen molar-refractivity contribution in [2.24, 2.45) is 10.3 Å². The van der Waals surface area contributed by atoms with E-state index in [2.05, 4.69) is 84.8 Å². The Hall–Kier alpha value is -3.20. The molecule has 0 aliphatic heterocycles. The summed E-state index contributed by atoms with van der Waals surface area (Å²) in [5.41, 5.74) is 1.95. The molecule has 0 unspecified atom stereocenters. The zero-order chi connectivity index (χ0) is 17.9. The van der Waals surface area contributed by atoms with Crippen molar-refractivity contribution < 1.29 is 0 Å². The summed E-state index contributed by atoms with van der Waals surface area (Å²) in [6, 6.07) is 29.2. The highest BCUT2D eigenvalue weighted by atomic mass is 15.6. The fourth-order valence-corrected chi connectivity index (χ4v) is 3.23. The monoisotopic (exact) mass is 339 g/mol. The van der Waals surface area contributed by atoms with Crippen molar-refractivity contribution >= 4 is 32.9 Å². The maximum Gasteiger partial charge on any atom is 0.0952 e. The van der Waals surface area contributed by atoms with Gasteiger partial charge in [-0.1, -0.05) is 78.0 Å². The molecule has 0 bridgehead atoms. The van der Waals surface area contributed by atoms with Crippen LogP contribution in [0.1, 0.15) is 13.8 Å². The van der Waals surface area contributed by atoms with Gasteiger partial charge in [0.15, 0.2) is 0 Å². The van der Waals surface area contributed by atoms with E-state index >= 15 is 0 Å². The lowest BCUT2D eigenvalue weighted by Gasteiger charge is -2.23. The van der Waals surface area contributed by atoms with E-state index in [1.54, 1.807) is 0 Å². The van der Waals surface area contributed by atoms with Crippen molar-refractivity contribution in [3.63, 3.8) is 0 Å². The lowest BCUT2D eigenvalue weighted by molar-refractivity contribution is 0.688. The number of nitrogens with zero attached hydrogens (tertiary/aromatic N) is 3. The van der Waals surface area contributed by atoms with Crippen LogP contribution in [0.3, 0.4) is 0 Å². The van der Waals surface area contributed by atoms with E-state index in [1.807, 2.05) is 29.3 Å². The predicted molar refractivity (Wildman–Crippen MR) is 110 cm³/mol. The lowest BCUT2D eigenvalue weighted by atomic mass is 10.1. The molecule has 3 heteroatoms. The van der Waals surface area contributed by atoms with Gasteiger partial charge in [-0.2, -0.15) is 0 Å². The average Bonchev–Trinajstić information content (AvgIpc) is 2.68. The van der Waals surface area contributed by atoms with E-state index < -0.39 is 0 Å². The van der Waals surface area contributed by atoms with E-state index in [9.17, 15) is 0 Å². The third kappa shape index (κ3) is 3.04. The van der Waals surface area contributed by atoms with Gasteiger partial charge in [0.25, 0.3) is 0 Å². The molecule has 0 N–H and O–H groups in total. The maximum atomic E-state index is 4.62. The minimum Gasteiger partial charge on any atom is -0.244 e. The second kappa shape index (κ2) is 6.96. The Morgan fingerprint density at radius 2 is 1.23 bits per heavy atom. The van der Waals surface area contributed by atoms with Crippen LogP contribution in [0.25, 0.3) is 21.5 Å². The quantitative estimate of drug-likeness (QED) is 0.293. The average molecular weight is 339 g/mol. The fraction of sp³-hybridized carbons (Fsp3) is 0.130. The molecule has 4 aromatic carbocycles. The molecule has 128 valence electrons. The molecular formula is C23H21N3. The van der Waals surface area contributed by atoms with E-state index in [0.29, 0.717) is 0 Å². The van der Waals surface area contributed by atoms with Crippen LogP contribution < -0.4 is 5.01 Å². The number of benzene rings is 4. The third-order valence-electron chi connectivity index (χ3n) is 4.52. The van der Waals surface area contributed by atoms with Crippen molar-refractivity contribution in [2.45, 2.75) is 19.9 Å². The molecule has 0 aliphatic carbocycles. The Bertz CT molecular complexity index is 1070. The predicted octanol–water partition coefficient (Wildman–Crippen LogP) is 6.91. The minimum absolute atomic E-state index is 0.194. The van der Waals surface area contributed by atoms with Gasteiger partial charge in [0.05, 0.1) is 11.4 Å². The highest BCUT2D eigenvalue weighted by molar-refractivity contribution is 5.94. The molecule has 0 spiro atoms. The second-order valence-corrected chi connectivity index (χ2v) is 6.62. The molecule has 0 heterocycles. The SMILES string of the molecule is CC(C)N(N=Nc1cccc2ccccc12)c1cccc2ccccc12. The zero-order valence-corrected chi connectivity index (χ0v) is 15.0. The molecule has 4 rings (SSSR count). The van der Waals surface area contributed by atoms with E-state index in [4.69, 9.17) is 0 Å². The van der Waals surface area contributed by atoms with Crippen LogP contribution in [-0.2, 0) is 0 Å². The minimum atomic E-state index is 0.194. The Balaban J connectivity index is 1.79. The number of fused-ring (bicyclic) bond motifs is 2. The van der Waals surface area contributed by atoms with Crippen LogP contribution >= 0.6 is 0 Å². The van der Waals surface area contributed by atoms with Gasteiger partial charge >= 0.3 is 0 Å². The van der Waals surface area contributed by atoms with Gasteiger partial charge in [0.2, 0.25) is 0 Å². The Morgan fingerprint density at radius 3 is 1.96 bits per heavy atom. The standard InChI is InChI=1S/C23H21N3/c1-17(2)26(23-16-8-12-19-10-4-6-14-21(19)23)25-24-22-15-7-11-18-9-3-5-13-20(18)22/h3-17H,1-2H3. The molecule has 0 saturated carbocycles. The summed E-state index contributed by atoms with van der Waals surface area (Å²) < 4.78 is 0. The molecular weight excluding hydrogens is 318 g/mol. The normalized spacial score (nSPS) is 11.7. The first-order valence-electron chi connectivity index (χ1n) is 8.90. The fourth-order valence-electron chi connectivity index (χ4n) is 3.23. The van der Waals surface area contributed by atoms with E-state index in [-0.39, 0.29) is 6.04 Å². The van der Waals surface area contributed by atoms with Crippen LogP contribution in [0.4, 0.5) is 11.4 Å². The molecule has 0 saturated heterocycles. The summed E-state index contributed by atoms with van der Waals surface area (Å²) in [6.07, 6.45) is 0. The smallest absolute Gasteiger partial charge is 0.0952 e. The summed E-state index contributed by atoms with van der Waals surface area (Å²) in [5.74, 6) is 0. The van der Waals surface area contributed by atoms with Crippen LogP contribution in [0.5, 0.6) is 0 Å². The van der Waals surface area contributed by atoms with Crippen molar-refractivity contribution in [3.05, 3.63) is 84.9 Å². The van der Waals surface area contributed by atoms with Crippen LogP contribution in [-0.4, -0.2) is 6.04 Å². The summed E-state index contributed by atoms with van der Waals surface area (Å²) in [4.78, 5) is 0. The van der Waals surface area contributed by atoms with Gasteiger partial charge in [-0.15, -0.1) is 5.11 Å². The number of rotatable bonds is 4. The van der Waals surface area contributed by atoms with Gasteiger partial charge in [-0.25, -0.2) is 5.01 Å². The van der Waals surface area contributed by atoms with Gasteiger partial charge in [-0.05, 0) is 36.8 Å². The molecule has 0 aromatic heterocycles. The summed E-state index contributed by atoms with van der Waals surface area (Å²) >= 11 is 0.